The summed E-state index contributed by atoms with van der Waals surface area (Å²) in [7, 11) is 0. The average molecular weight is 344 g/mol. The van der Waals surface area contributed by atoms with Crippen molar-refractivity contribution in [1.82, 2.24) is 4.98 Å². The van der Waals surface area contributed by atoms with Gasteiger partial charge >= 0.3 is 6.18 Å². The number of ketones is 1. The molecule has 0 aliphatic heterocycles. The second-order valence-electron chi connectivity index (χ2n) is 5.89. The number of benzene rings is 2. The fraction of sp³-hybridized carbons (Fsp3) is 0.158. The molecular weight excluding hydrogens is 329 g/mol. The number of nitrogens with two attached hydrogens (primary N) is 1. The van der Waals surface area contributed by atoms with Gasteiger partial charge in [-0.1, -0.05) is 24.3 Å². The van der Waals surface area contributed by atoms with Gasteiger partial charge in [0.1, 0.15) is 0 Å². The largest absolute Gasteiger partial charge is 0.417 e. The van der Waals surface area contributed by atoms with Gasteiger partial charge < -0.3 is 5.73 Å². The molecule has 0 saturated heterocycles. The van der Waals surface area contributed by atoms with E-state index in [4.69, 9.17) is 5.73 Å². The molecule has 0 bridgehead atoms. The first kappa shape index (κ1) is 17.0. The number of hydrogen-bond donors (Lipinski definition) is 1. The summed E-state index contributed by atoms with van der Waals surface area (Å²) in [5.41, 5.74) is 5.40. The predicted molar refractivity (Wildman–Crippen MR) is 93.0 cm³/mol. The summed E-state index contributed by atoms with van der Waals surface area (Å²) < 4.78 is 41.0. The molecule has 1 aromatic heterocycles. The van der Waals surface area contributed by atoms with Crippen LogP contribution in [0.3, 0.4) is 0 Å². The Balaban J connectivity index is 2.61. The molecule has 0 aliphatic carbocycles. The van der Waals surface area contributed by atoms with Crippen molar-refractivity contribution in [3.63, 3.8) is 0 Å². The summed E-state index contributed by atoms with van der Waals surface area (Å²) in [6.07, 6.45) is -1.84. The third kappa shape index (κ3) is 2.95. The molecule has 1 heterocycles. The molecule has 0 radical (unpaired) electrons. The number of carbonyl (C=O) groups excluding carboxylic acids is 1. The van der Waals surface area contributed by atoms with E-state index in [0.29, 0.717) is 16.2 Å². The van der Waals surface area contributed by atoms with Crippen molar-refractivity contribution in [2.24, 2.45) is 0 Å². The lowest BCUT2D eigenvalue weighted by atomic mass is 9.91. The Morgan fingerprint density at radius 1 is 1.20 bits per heavy atom. The fourth-order valence-corrected chi connectivity index (χ4v) is 3.08. The first-order valence-electron chi connectivity index (χ1n) is 7.56. The highest BCUT2D eigenvalue weighted by molar-refractivity contribution is 6.15. The molecule has 3 rings (SSSR count). The van der Waals surface area contributed by atoms with E-state index >= 15 is 0 Å². The van der Waals surface area contributed by atoms with Crippen LogP contribution < -0.4 is 5.73 Å². The molecule has 0 amide bonds. The van der Waals surface area contributed by atoms with Crippen LogP contribution in [0.2, 0.25) is 0 Å². The van der Waals surface area contributed by atoms with E-state index in [1.807, 2.05) is 0 Å². The third-order valence-electron chi connectivity index (χ3n) is 4.01. The molecule has 25 heavy (non-hydrogen) atoms. The van der Waals surface area contributed by atoms with Crippen LogP contribution in [0.25, 0.3) is 27.2 Å². The summed E-state index contributed by atoms with van der Waals surface area (Å²) in [5, 5.41) is 1.61. The van der Waals surface area contributed by atoms with Crippen molar-refractivity contribution < 1.29 is 18.0 Å². The van der Waals surface area contributed by atoms with E-state index in [1.54, 1.807) is 30.5 Å². The smallest absolute Gasteiger partial charge is 0.397 e. The Labute approximate surface area is 142 Å². The van der Waals surface area contributed by atoms with Crippen molar-refractivity contribution in [2.75, 3.05) is 5.73 Å². The molecular formula is C19H15F3N2O. The van der Waals surface area contributed by atoms with Crippen LogP contribution in [0.1, 0.15) is 25.0 Å². The van der Waals surface area contributed by atoms with Crippen molar-refractivity contribution >= 4 is 38.7 Å². The van der Waals surface area contributed by atoms with Gasteiger partial charge in [-0.25, -0.2) is 0 Å². The van der Waals surface area contributed by atoms with Gasteiger partial charge in [0.25, 0.3) is 0 Å². The number of fused-ring (bicyclic) bond motifs is 3. The van der Waals surface area contributed by atoms with E-state index in [2.05, 4.69) is 4.98 Å². The molecule has 2 aromatic carbocycles. The van der Waals surface area contributed by atoms with Crippen LogP contribution in [-0.4, -0.2) is 10.8 Å². The first-order valence-corrected chi connectivity index (χ1v) is 7.56. The Morgan fingerprint density at radius 2 is 1.88 bits per heavy atom. The monoisotopic (exact) mass is 344 g/mol. The molecule has 0 unspecified atom stereocenters. The summed E-state index contributed by atoms with van der Waals surface area (Å²) >= 11 is 0. The van der Waals surface area contributed by atoms with Crippen LogP contribution >= 0.6 is 0 Å². The Bertz CT molecular complexity index is 1040. The zero-order valence-corrected chi connectivity index (χ0v) is 13.6. The van der Waals surface area contributed by atoms with E-state index in [0.717, 1.165) is 6.07 Å². The molecule has 0 saturated carbocycles. The Morgan fingerprint density at radius 3 is 2.52 bits per heavy atom. The van der Waals surface area contributed by atoms with Crippen LogP contribution in [-0.2, 0) is 11.0 Å². The molecule has 0 fully saturated rings. The van der Waals surface area contributed by atoms with Crippen molar-refractivity contribution in [1.29, 1.82) is 0 Å². The number of nitrogen functional groups attached to an aromatic ring is 1. The standard InChI is InChI=1S/C19H15F3N2O/c1-10(7-11(2)25)16-14(19(20,21)22)8-15(23)18-17(16)13-6-4-3-5-12(13)9-24-18/h3-9H,23H2,1-2H3. The molecule has 6 heteroatoms. The number of allylic oxidation sites excluding steroid dienone is 2. The number of anilines is 1. The molecule has 0 aliphatic rings. The summed E-state index contributed by atoms with van der Waals surface area (Å²) in [4.78, 5) is 15.7. The summed E-state index contributed by atoms with van der Waals surface area (Å²) in [5.74, 6) is -0.330. The van der Waals surface area contributed by atoms with E-state index in [1.165, 1.54) is 19.9 Å². The second-order valence-corrected chi connectivity index (χ2v) is 5.89. The van der Waals surface area contributed by atoms with Crippen LogP contribution in [0.5, 0.6) is 0 Å². The SMILES string of the molecule is CC(=O)C=C(C)c1c(C(F)(F)F)cc(N)c2ncc3ccccc3c12. The van der Waals surface area contributed by atoms with Crippen LogP contribution in [0.4, 0.5) is 18.9 Å². The normalized spacial score (nSPS) is 12.8. The van der Waals surface area contributed by atoms with Crippen LogP contribution in [0, 0.1) is 0 Å². The van der Waals surface area contributed by atoms with E-state index < -0.39 is 11.7 Å². The molecule has 3 nitrogen and oxygen atoms in total. The number of hydrogen-bond acceptors (Lipinski definition) is 3. The number of nitrogens with zero attached hydrogens (tertiary/aromatic N) is 1. The van der Waals surface area contributed by atoms with Gasteiger partial charge in [-0.15, -0.1) is 0 Å². The highest BCUT2D eigenvalue weighted by atomic mass is 19.4. The topological polar surface area (TPSA) is 56.0 Å². The minimum Gasteiger partial charge on any atom is -0.397 e. The van der Waals surface area contributed by atoms with Gasteiger partial charge in [0.2, 0.25) is 0 Å². The molecule has 0 spiro atoms. The van der Waals surface area contributed by atoms with Gasteiger partial charge in [0.15, 0.2) is 5.78 Å². The Kier molecular flexibility index (Phi) is 3.99. The lowest BCUT2D eigenvalue weighted by Crippen LogP contribution is -2.11. The molecule has 128 valence electrons. The number of pyridine rings is 1. The van der Waals surface area contributed by atoms with Crippen molar-refractivity contribution in [2.45, 2.75) is 20.0 Å². The molecule has 2 N–H and O–H groups in total. The molecule has 3 aromatic rings. The summed E-state index contributed by atoms with van der Waals surface area (Å²) in [6, 6.07) is 7.91. The third-order valence-corrected chi connectivity index (χ3v) is 4.01. The fourth-order valence-electron chi connectivity index (χ4n) is 3.08. The zero-order valence-electron chi connectivity index (χ0n) is 13.6. The Hall–Kier alpha value is -2.89. The van der Waals surface area contributed by atoms with E-state index in [-0.39, 0.29) is 28.1 Å². The molecule has 0 atom stereocenters. The quantitative estimate of drug-likeness (QED) is 0.405. The second kappa shape index (κ2) is 5.88. The van der Waals surface area contributed by atoms with Gasteiger partial charge in [0.05, 0.1) is 16.8 Å². The number of rotatable bonds is 2. The number of carbonyl (C=O) groups is 1. The number of halogens is 3. The predicted octanol–water partition coefficient (Wildman–Crippen LogP) is 4.98. The maximum Gasteiger partial charge on any atom is 0.417 e. The van der Waals surface area contributed by atoms with Gasteiger partial charge in [-0.05, 0) is 42.5 Å². The minimum atomic E-state index is -4.61. The number of aromatic nitrogens is 1. The van der Waals surface area contributed by atoms with Crippen molar-refractivity contribution in [3.8, 4) is 0 Å². The van der Waals surface area contributed by atoms with Crippen LogP contribution in [0.15, 0.2) is 42.6 Å². The minimum absolute atomic E-state index is 0.0487. The summed E-state index contributed by atoms with van der Waals surface area (Å²) in [6.45, 7) is 2.79. The highest BCUT2D eigenvalue weighted by Gasteiger charge is 2.35. The van der Waals surface area contributed by atoms with E-state index in [9.17, 15) is 18.0 Å². The average Bonchev–Trinajstić information content (AvgIpc) is 2.52. The maximum absolute atomic E-state index is 13.7. The zero-order chi connectivity index (χ0) is 18.4. The lowest BCUT2D eigenvalue weighted by Gasteiger charge is -2.18. The lowest BCUT2D eigenvalue weighted by molar-refractivity contribution is -0.137. The van der Waals surface area contributed by atoms with Gasteiger partial charge in [-0.2, -0.15) is 13.2 Å². The highest BCUT2D eigenvalue weighted by Crippen LogP contribution is 2.42. The van der Waals surface area contributed by atoms with Crippen molar-refractivity contribution in [3.05, 3.63) is 53.7 Å². The number of alkyl halides is 3. The maximum atomic E-state index is 13.7. The first-order chi connectivity index (χ1) is 11.7. The van der Waals surface area contributed by atoms with Gasteiger partial charge in [-0.3, -0.25) is 9.78 Å². The van der Waals surface area contributed by atoms with Gasteiger partial charge in [0, 0.05) is 17.0 Å².